The van der Waals surface area contributed by atoms with E-state index in [1.54, 1.807) is 40.9 Å². The highest BCUT2D eigenvalue weighted by molar-refractivity contribution is 7.99. The van der Waals surface area contributed by atoms with Crippen molar-refractivity contribution in [2.24, 2.45) is 0 Å². The van der Waals surface area contributed by atoms with Crippen LogP contribution in [-0.2, 0) is 14.8 Å². The van der Waals surface area contributed by atoms with Crippen LogP contribution < -0.4 is 19.1 Å². The molecule has 2 aromatic rings. The number of nitrogens with one attached hydrogen (secondary N) is 1. The standard InChI is InChI=1S/C18H20N2O5S2/c1-12(21)20-6-7-26-18-5-4-16(11-17(18)20)27(22,23)19-13-8-14(24-2)10-15(9-13)25-3/h4-5,8-11,19H,6-7H2,1-3H3. The van der Waals surface area contributed by atoms with E-state index in [0.717, 1.165) is 10.6 Å². The lowest BCUT2D eigenvalue weighted by atomic mass is 10.2. The minimum absolute atomic E-state index is 0.0804. The van der Waals surface area contributed by atoms with Crippen molar-refractivity contribution in [1.82, 2.24) is 0 Å². The fourth-order valence-electron chi connectivity index (χ4n) is 2.77. The topological polar surface area (TPSA) is 84.9 Å². The van der Waals surface area contributed by atoms with Crippen LogP contribution in [0.1, 0.15) is 6.92 Å². The molecule has 1 aliphatic rings. The predicted molar refractivity (Wildman–Crippen MR) is 106 cm³/mol. The molecule has 0 aliphatic carbocycles. The molecule has 2 aromatic carbocycles. The number of benzene rings is 2. The number of fused-ring (bicyclic) bond motifs is 1. The number of methoxy groups -OCH3 is 2. The van der Waals surface area contributed by atoms with Crippen LogP contribution in [-0.4, -0.2) is 40.8 Å². The lowest BCUT2D eigenvalue weighted by Gasteiger charge is -2.28. The van der Waals surface area contributed by atoms with E-state index in [0.29, 0.717) is 29.4 Å². The zero-order chi connectivity index (χ0) is 19.6. The zero-order valence-corrected chi connectivity index (χ0v) is 16.8. The molecule has 7 nitrogen and oxygen atoms in total. The van der Waals surface area contributed by atoms with Gasteiger partial charge in [-0.3, -0.25) is 9.52 Å². The van der Waals surface area contributed by atoms with Crippen LogP contribution in [0.25, 0.3) is 0 Å². The van der Waals surface area contributed by atoms with Gasteiger partial charge < -0.3 is 14.4 Å². The molecule has 0 unspecified atom stereocenters. The highest BCUT2D eigenvalue weighted by Gasteiger charge is 2.24. The van der Waals surface area contributed by atoms with Crippen molar-refractivity contribution < 1.29 is 22.7 Å². The summed E-state index contributed by atoms with van der Waals surface area (Å²) in [5, 5.41) is 0. The van der Waals surface area contributed by atoms with Gasteiger partial charge in [0.25, 0.3) is 10.0 Å². The second-order valence-corrected chi connectivity index (χ2v) is 8.67. The number of anilines is 2. The molecule has 1 heterocycles. The molecule has 0 spiro atoms. The number of sulfonamides is 1. The third kappa shape index (κ3) is 4.14. The first-order valence-electron chi connectivity index (χ1n) is 8.15. The Morgan fingerprint density at radius 3 is 2.37 bits per heavy atom. The van der Waals surface area contributed by atoms with Crippen molar-refractivity contribution in [2.45, 2.75) is 16.7 Å². The lowest BCUT2D eigenvalue weighted by Crippen LogP contribution is -2.33. The third-order valence-electron chi connectivity index (χ3n) is 4.09. The van der Waals surface area contributed by atoms with Gasteiger partial charge in [0.1, 0.15) is 11.5 Å². The number of hydrogen-bond acceptors (Lipinski definition) is 6. The number of carbonyl (C=O) groups excluding carboxylic acids is 1. The molecular formula is C18H20N2O5S2. The van der Waals surface area contributed by atoms with Crippen molar-refractivity contribution in [3.8, 4) is 11.5 Å². The largest absolute Gasteiger partial charge is 0.497 e. The molecule has 1 aliphatic heterocycles. The number of amides is 1. The van der Waals surface area contributed by atoms with Gasteiger partial charge >= 0.3 is 0 Å². The first-order valence-corrected chi connectivity index (χ1v) is 10.6. The molecule has 27 heavy (non-hydrogen) atoms. The van der Waals surface area contributed by atoms with E-state index in [-0.39, 0.29) is 10.8 Å². The van der Waals surface area contributed by atoms with E-state index in [2.05, 4.69) is 4.72 Å². The quantitative estimate of drug-likeness (QED) is 0.819. The number of rotatable bonds is 5. The molecule has 0 saturated carbocycles. The van der Waals surface area contributed by atoms with Crippen molar-refractivity contribution >= 4 is 39.1 Å². The maximum Gasteiger partial charge on any atom is 0.261 e. The Kier molecular flexibility index (Phi) is 5.52. The molecule has 1 amide bonds. The fraction of sp³-hybridized carbons (Fsp3) is 0.278. The van der Waals surface area contributed by atoms with Gasteiger partial charge in [-0.15, -0.1) is 11.8 Å². The van der Waals surface area contributed by atoms with Gasteiger partial charge in [0.15, 0.2) is 0 Å². The Balaban J connectivity index is 1.96. The van der Waals surface area contributed by atoms with Crippen molar-refractivity contribution in [3.05, 3.63) is 36.4 Å². The first kappa shape index (κ1) is 19.4. The zero-order valence-electron chi connectivity index (χ0n) is 15.2. The third-order valence-corrected chi connectivity index (χ3v) is 6.51. The van der Waals surface area contributed by atoms with Crippen LogP contribution in [0.2, 0.25) is 0 Å². The Bertz CT molecular complexity index is 953. The summed E-state index contributed by atoms with van der Waals surface area (Å²) >= 11 is 1.60. The van der Waals surface area contributed by atoms with E-state index < -0.39 is 10.0 Å². The molecular weight excluding hydrogens is 388 g/mol. The molecule has 0 aromatic heterocycles. The van der Waals surface area contributed by atoms with Gasteiger partial charge in [0.05, 0.1) is 30.5 Å². The SMILES string of the molecule is COc1cc(NS(=O)(=O)c2ccc3c(c2)N(C(C)=O)CCS3)cc(OC)c1. The maximum atomic E-state index is 12.9. The van der Waals surface area contributed by atoms with Gasteiger partial charge in [-0.1, -0.05) is 0 Å². The Hall–Kier alpha value is -2.39. The van der Waals surface area contributed by atoms with Crippen LogP contribution in [0.15, 0.2) is 46.2 Å². The van der Waals surface area contributed by atoms with E-state index in [1.165, 1.54) is 33.3 Å². The van der Waals surface area contributed by atoms with Crippen molar-refractivity contribution in [1.29, 1.82) is 0 Å². The van der Waals surface area contributed by atoms with Crippen molar-refractivity contribution in [2.75, 3.05) is 36.1 Å². The minimum Gasteiger partial charge on any atom is -0.497 e. The Morgan fingerprint density at radius 2 is 1.78 bits per heavy atom. The lowest BCUT2D eigenvalue weighted by molar-refractivity contribution is -0.116. The van der Waals surface area contributed by atoms with Gasteiger partial charge in [-0.25, -0.2) is 8.42 Å². The van der Waals surface area contributed by atoms with Gasteiger partial charge in [-0.2, -0.15) is 0 Å². The van der Waals surface area contributed by atoms with Crippen LogP contribution in [0.5, 0.6) is 11.5 Å². The number of carbonyl (C=O) groups is 1. The molecule has 144 valence electrons. The van der Waals surface area contributed by atoms with Crippen LogP contribution >= 0.6 is 11.8 Å². The summed E-state index contributed by atoms with van der Waals surface area (Å²) < 4.78 is 38.6. The number of nitrogens with zero attached hydrogens (tertiary/aromatic N) is 1. The van der Waals surface area contributed by atoms with E-state index in [4.69, 9.17) is 9.47 Å². The summed E-state index contributed by atoms with van der Waals surface area (Å²) in [7, 11) is -0.873. The van der Waals surface area contributed by atoms with Crippen molar-refractivity contribution in [3.63, 3.8) is 0 Å². The number of ether oxygens (including phenoxy) is 2. The van der Waals surface area contributed by atoms with Crippen LogP contribution in [0.4, 0.5) is 11.4 Å². The maximum absolute atomic E-state index is 12.9. The predicted octanol–water partition coefficient (Wildman–Crippen LogP) is 2.96. The minimum atomic E-state index is -3.85. The summed E-state index contributed by atoms with van der Waals surface area (Å²) in [4.78, 5) is 14.4. The number of hydrogen-bond donors (Lipinski definition) is 1. The molecule has 0 atom stereocenters. The normalized spacial score (nSPS) is 13.7. The van der Waals surface area contributed by atoms with E-state index in [9.17, 15) is 13.2 Å². The van der Waals surface area contributed by atoms with Gasteiger partial charge in [0.2, 0.25) is 5.91 Å². The summed E-state index contributed by atoms with van der Waals surface area (Å²) in [6.07, 6.45) is 0. The average molecular weight is 409 g/mol. The second-order valence-electron chi connectivity index (χ2n) is 5.86. The average Bonchev–Trinajstić information content (AvgIpc) is 2.66. The summed E-state index contributed by atoms with van der Waals surface area (Å²) in [5.41, 5.74) is 0.937. The number of thioether (sulfide) groups is 1. The molecule has 1 N–H and O–H groups in total. The molecule has 0 fully saturated rings. The fourth-order valence-corrected chi connectivity index (χ4v) is 4.81. The Morgan fingerprint density at radius 1 is 1.11 bits per heavy atom. The highest BCUT2D eigenvalue weighted by atomic mass is 32.2. The van der Waals surface area contributed by atoms with Gasteiger partial charge in [-0.05, 0) is 18.2 Å². The Labute approximate surface area is 162 Å². The second kappa shape index (κ2) is 7.69. The van der Waals surface area contributed by atoms with Crippen LogP contribution in [0, 0.1) is 0 Å². The van der Waals surface area contributed by atoms with Crippen LogP contribution in [0.3, 0.4) is 0 Å². The molecule has 0 bridgehead atoms. The summed E-state index contributed by atoms with van der Waals surface area (Å²) in [6, 6.07) is 9.58. The highest BCUT2D eigenvalue weighted by Crippen LogP contribution is 2.37. The van der Waals surface area contributed by atoms with E-state index >= 15 is 0 Å². The van der Waals surface area contributed by atoms with Gasteiger partial charge in [0, 0.05) is 42.3 Å². The molecule has 0 saturated heterocycles. The molecule has 3 rings (SSSR count). The summed E-state index contributed by atoms with van der Waals surface area (Å²) in [6.45, 7) is 2.03. The first-order chi connectivity index (χ1) is 12.8. The molecule has 0 radical (unpaired) electrons. The van der Waals surface area contributed by atoms with E-state index in [1.807, 2.05) is 0 Å². The monoisotopic (exact) mass is 408 g/mol. The summed E-state index contributed by atoms with van der Waals surface area (Å²) in [5.74, 6) is 1.60. The smallest absolute Gasteiger partial charge is 0.261 e. The molecule has 9 heteroatoms.